The number of amides is 1. The molecule has 1 aromatic carbocycles. The standard InChI is InChI=1S/C15H23N3O2/c16-15(19)13-20-11-10-17-6-8-18(9-7-17)12-14-4-2-1-3-5-14/h1-5H,6-13H2,(H2,16,19). The predicted octanol–water partition coefficient (Wildman–Crippen LogP) is 0.306. The van der Waals surface area contributed by atoms with Crippen LogP contribution in [0.3, 0.4) is 0 Å². The second-order valence-corrected chi connectivity index (χ2v) is 5.12. The van der Waals surface area contributed by atoms with Gasteiger partial charge in [-0.15, -0.1) is 0 Å². The van der Waals surface area contributed by atoms with Crippen molar-refractivity contribution < 1.29 is 9.53 Å². The highest BCUT2D eigenvalue weighted by atomic mass is 16.5. The third-order valence-corrected chi connectivity index (χ3v) is 3.51. The van der Waals surface area contributed by atoms with E-state index in [1.165, 1.54) is 5.56 Å². The summed E-state index contributed by atoms with van der Waals surface area (Å²) in [6.45, 7) is 6.73. The van der Waals surface area contributed by atoms with E-state index in [0.29, 0.717) is 6.61 Å². The summed E-state index contributed by atoms with van der Waals surface area (Å²) in [5.41, 5.74) is 6.39. The average molecular weight is 277 g/mol. The van der Waals surface area contributed by atoms with Gasteiger partial charge in [-0.05, 0) is 5.56 Å². The molecule has 110 valence electrons. The number of rotatable bonds is 7. The van der Waals surface area contributed by atoms with Crippen LogP contribution < -0.4 is 5.73 Å². The number of piperazine rings is 1. The average Bonchev–Trinajstić information content (AvgIpc) is 2.46. The molecule has 0 spiro atoms. The number of hydrogen-bond donors (Lipinski definition) is 1. The molecule has 0 atom stereocenters. The summed E-state index contributed by atoms with van der Waals surface area (Å²) in [4.78, 5) is 15.4. The number of ether oxygens (including phenoxy) is 1. The van der Waals surface area contributed by atoms with Crippen LogP contribution in [0.15, 0.2) is 30.3 Å². The minimum absolute atomic E-state index is 0.0218. The molecular weight excluding hydrogens is 254 g/mol. The van der Waals surface area contributed by atoms with Crippen LogP contribution in [-0.2, 0) is 16.1 Å². The Labute approximate surface area is 120 Å². The van der Waals surface area contributed by atoms with E-state index in [1.807, 2.05) is 6.07 Å². The summed E-state index contributed by atoms with van der Waals surface area (Å²) >= 11 is 0. The fourth-order valence-electron chi connectivity index (χ4n) is 2.38. The second kappa shape index (κ2) is 7.99. The van der Waals surface area contributed by atoms with Crippen LogP contribution >= 0.6 is 0 Å². The Morgan fingerprint density at radius 3 is 2.40 bits per heavy atom. The van der Waals surface area contributed by atoms with Crippen LogP contribution in [0.5, 0.6) is 0 Å². The highest BCUT2D eigenvalue weighted by molar-refractivity contribution is 5.74. The van der Waals surface area contributed by atoms with Crippen molar-refractivity contribution in [1.29, 1.82) is 0 Å². The van der Waals surface area contributed by atoms with E-state index in [0.717, 1.165) is 39.3 Å². The number of nitrogens with zero attached hydrogens (tertiary/aromatic N) is 2. The molecule has 5 nitrogen and oxygen atoms in total. The Morgan fingerprint density at radius 1 is 1.10 bits per heavy atom. The molecule has 1 fully saturated rings. The minimum Gasteiger partial charge on any atom is -0.370 e. The molecule has 0 aliphatic carbocycles. The zero-order valence-corrected chi connectivity index (χ0v) is 11.8. The zero-order valence-electron chi connectivity index (χ0n) is 11.8. The highest BCUT2D eigenvalue weighted by Gasteiger charge is 2.16. The monoisotopic (exact) mass is 277 g/mol. The Balaban J connectivity index is 1.61. The first-order valence-corrected chi connectivity index (χ1v) is 7.09. The highest BCUT2D eigenvalue weighted by Crippen LogP contribution is 2.08. The second-order valence-electron chi connectivity index (χ2n) is 5.12. The lowest BCUT2D eigenvalue weighted by Gasteiger charge is -2.34. The summed E-state index contributed by atoms with van der Waals surface area (Å²) < 4.78 is 5.19. The largest absolute Gasteiger partial charge is 0.370 e. The summed E-state index contributed by atoms with van der Waals surface area (Å²) in [7, 11) is 0. The maximum atomic E-state index is 10.5. The predicted molar refractivity (Wildman–Crippen MR) is 78.2 cm³/mol. The van der Waals surface area contributed by atoms with E-state index >= 15 is 0 Å². The van der Waals surface area contributed by atoms with Crippen molar-refractivity contribution in [2.75, 3.05) is 45.9 Å². The third kappa shape index (κ3) is 5.28. The maximum absolute atomic E-state index is 10.5. The Bertz CT molecular complexity index is 403. The smallest absolute Gasteiger partial charge is 0.243 e. The molecule has 0 bridgehead atoms. The zero-order chi connectivity index (χ0) is 14.2. The molecule has 1 amide bonds. The lowest BCUT2D eigenvalue weighted by atomic mass is 10.2. The van der Waals surface area contributed by atoms with Crippen molar-refractivity contribution in [3.63, 3.8) is 0 Å². The van der Waals surface area contributed by atoms with Crippen LogP contribution in [0.4, 0.5) is 0 Å². The van der Waals surface area contributed by atoms with Gasteiger partial charge < -0.3 is 10.5 Å². The summed E-state index contributed by atoms with van der Waals surface area (Å²) in [6, 6.07) is 10.6. The van der Waals surface area contributed by atoms with E-state index in [9.17, 15) is 4.79 Å². The topological polar surface area (TPSA) is 58.8 Å². The molecule has 0 saturated carbocycles. The molecule has 0 radical (unpaired) electrons. The van der Waals surface area contributed by atoms with E-state index in [2.05, 4.69) is 34.1 Å². The van der Waals surface area contributed by atoms with E-state index in [1.54, 1.807) is 0 Å². The minimum atomic E-state index is -0.405. The van der Waals surface area contributed by atoms with Gasteiger partial charge in [-0.25, -0.2) is 0 Å². The van der Waals surface area contributed by atoms with Crippen LogP contribution in [-0.4, -0.2) is 61.6 Å². The molecule has 0 aromatic heterocycles. The van der Waals surface area contributed by atoms with E-state index in [4.69, 9.17) is 10.5 Å². The third-order valence-electron chi connectivity index (χ3n) is 3.51. The van der Waals surface area contributed by atoms with Crippen LogP contribution in [0.25, 0.3) is 0 Å². The Morgan fingerprint density at radius 2 is 1.75 bits per heavy atom. The Kier molecular flexibility index (Phi) is 5.98. The fourth-order valence-corrected chi connectivity index (χ4v) is 2.38. The molecule has 1 aromatic rings. The summed E-state index contributed by atoms with van der Waals surface area (Å²) in [5, 5.41) is 0. The maximum Gasteiger partial charge on any atom is 0.243 e. The first-order chi connectivity index (χ1) is 9.74. The van der Waals surface area contributed by atoms with E-state index in [-0.39, 0.29) is 6.61 Å². The van der Waals surface area contributed by atoms with Crippen LogP contribution in [0.2, 0.25) is 0 Å². The molecule has 5 heteroatoms. The molecule has 1 aliphatic rings. The lowest BCUT2D eigenvalue weighted by Crippen LogP contribution is -2.46. The first-order valence-electron chi connectivity index (χ1n) is 7.09. The number of hydrogen-bond acceptors (Lipinski definition) is 4. The molecule has 20 heavy (non-hydrogen) atoms. The lowest BCUT2D eigenvalue weighted by molar-refractivity contribution is -0.122. The van der Waals surface area contributed by atoms with Crippen molar-refractivity contribution in [2.24, 2.45) is 5.73 Å². The molecular formula is C15H23N3O2. The number of benzene rings is 1. The van der Waals surface area contributed by atoms with Gasteiger partial charge >= 0.3 is 0 Å². The summed E-state index contributed by atoms with van der Waals surface area (Å²) in [6.07, 6.45) is 0. The number of primary amides is 1. The molecule has 1 saturated heterocycles. The van der Waals surface area contributed by atoms with Crippen molar-refractivity contribution >= 4 is 5.91 Å². The molecule has 1 aliphatic heterocycles. The molecule has 2 rings (SSSR count). The number of carbonyl (C=O) groups is 1. The van der Waals surface area contributed by atoms with E-state index < -0.39 is 5.91 Å². The fraction of sp³-hybridized carbons (Fsp3) is 0.533. The number of nitrogens with two attached hydrogens (primary N) is 1. The number of carbonyl (C=O) groups excluding carboxylic acids is 1. The van der Waals surface area contributed by atoms with Crippen LogP contribution in [0, 0.1) is 0 Å². The first kappa shape index (κ1) is 15.0. The van der Waals surface area contributed by atoms with Gasteiger partial charge in [0, 0.05) is 39.3 Å². The van der Waals surface area contributed by atoms with Crippen molar-refractivity contribution in [2.45, 2.75) is 6.54 Å². The molecule has 0 unspecified atom stereocenters. The molecule has 2 N–H and O–H groups in total. The quantitative estimate of drug-likeness (QED) is 0.729. The van der Waals surface area contributed by atoms with Crippen molar-refractivity contribution in [3.05, 3.63) is 35.9 Å². The Hall–Kier alpha value is -1.43. The van der Waals surface area contributed by atoms with Crippen LogP contribution in [0.1, 0.15) is 5.56 Å². The SMILES string of the molecule is NC(=O)COCCN1CCN(Cc2ccccc2)CC1. The normalized spacial score (nSPS) is 17.2. The van der Waals surface area contributed by atoms with Gasteiger partial charge in [0.2, 0.25) is 5.91 Å². The summed E-state index contributed by atoms with van der Waals surface area (Å²) in [5.74, 6) is -0.405. The van der Waals surface area contributed by atoms with Gasteiger partial charge in [0.05, 0.1) is 6.61 Å². The van der Waals surface area contributed by atoms with Gasteiger partial charge in [-0.2, -0.15) is 0 Å². The van der Waals surface area contributed by atoms with Gasteiger partial charge in [0.25, 0.3) is 0 Å². The van der Waals surface area contributed by atoms with Gasteiger partial charge in [-0.3, -0.25) is 14.6 Å². The van der Waals surface area contributed by atoms with Gasteiger partial charge in [-0.1, -0.05) is 30.3 Å². The van der Waals surface area contributed by atoms with Crippen molar-refractivity contribution in [1.82, 2.24) is 9.80 Å². The van der Waals surface area contributed by atoms with Gasteiger partial charge in [0.15, 0.2) is 0 Å². The van der Waals surface area contributed by atoms with Gasteiger partial charge in [0.1, 0.15) is 6.61 Å². The van der Waals surface area contributed by atoms with Crippen molar-refractivity contribution in [3.8, 4) is 0 Å². The molecule has 1 heterocycles.